The fraction of sp³-hybridized carbons (Fsp3) is 0.467. The number of para-hydroxylation sites is 2. The van der Waals surface area contributed by atoms with E-state index in [-0.39, 0.29) is 0 Å². The molecule has 3 rings (SSSR count). The van der Waals surface area contributed by atoms with Crippen molar-refractivity contribution in [3.8, 4) is 5.88 Å². The maximum Gasteiger partial charge on any atom is 0.258 e. The molecule has 5 nitrogen and oxygen atoms in total. The van der Waals surface area contributed by atoms with Crippen LogP contribution in [-0.2, 0) is 0 Å². The first-order chi connectivity index (χ1) is 9.86. The molecule has 5 heteroatoms. The molecule has 1 fully saturated rings. The van der Waals surface area contributed by atoms with Crippen molar-refractivity contribution >= 4 is 16.9 Å². The van der Waals surface area contributed by atoms with Crippen LogP contribution in [0.25, 0.3) is 11.0 Å². The van der Waals surface area contributed by atoms with E-state index >= 15 is 0 Å². The number of hydrogen-bond donors (Lipinski definition) is 2. The predicted octanol–water partition coefficient (Wildman–Crippen LogP) is 2.19. The normalized spacial score (nSPS) is 18.4. The van der Waals surface area contributed by atoms with Gasteiger partial charge in [0.1, 0.15) is 0 Å². The van der Waals surface area contributed by atoms with Crippen molar-refractivity contribution in [1.29, 1.82) is 0 Å². The van der Waals surface area contributed by atoms with Gasteiger partial charge in [0.25, 0.3) is 5.88 Å². The number of nitrogens with zero attached hydrogens (tertiary/aromatic N) is 2. The lowest BCUT2D eigenvalue weighted by atomic mass is 10.2. The lowest BCUT2D eigenvalue weighted by Crippen LogP contribution is -2.29. The molecule has 20 heavy (non-hydrogen) atoms. The molecule has 1 unspecified atom stereocenters. The Bertz CT molecular complexity index is 581. The van der Waals surface area contributed by atoms with E-state index in [0.717, 1.165) is 29.9 Å². The number of benzene rings is 1. The fourth-order valence-corrected chi connectivity index (χ4v) is 2.49. The maximum atomic E-state index is 5.60. The minimum Gasteiger partial charge on any atom is -0.475 e. The molecule has 1 aliphatic rings. The zero-order valence-electron chi connectivity index (χ0n) is 11.7. The molecule has 0 aliphatic carbocycles. The van der Waals surface area contributed by atoms with E-state index < -0.39 is 0 Å². The first kappa shape index (κ1) is 13.1. The van der Waals surface area contributed by atoms with Crippen LogP contribution in [0.5, 0.6) is 5.88 Å². The molecule has 2 aromatic rings. The van der Waals surface area contributed by atoms with Crippen LogP contribution >= 0.6 is 0 Å². The number of fused-ring (bicyclic) bond motifs is 1. The third-order valence-corrected chi connectivity index (χ3v) is 3.50. The smallest absolute Gasteiger partial charge is 0.258 e. The summed E-state index contributed by atoms with van der Waals surface area (Å²) in [5, 5.41) is 6.84. The van der Waals surface area contributed by atoms with Crippen LogP contribution in [-0.4, -0.2) is 35.7 Å². The SMILES string of the molecule is CCOc1nc2ccccc2nc1NCC1CCCN1. The first-order valence-electron chi connectivity index (χ1n) is 7.23. The predicted molar refractivity (Wildman–Crippen MR) is 80.2 cm³/mol. The molecule has 0 bridgehead atoms. The van der Waals surface area contributed by atoms with Crippen molar-refractivity contribution in [2.75, 3.05) is 25.0 Å². The number of hydrogen-bond acceptors (Lipinski definition) is 5. The largest absolute Gasteiger partial charge is 0.475 e. The summed E-state index contributed by atoms with van der Waals surface area (Å²) in [5.41, 5.74) is 1.75. The molecule has 0 spiro atoms. The number of rotatable bonds is 5. The van der Waals surface area contributed by atoms with Crippen molar-refractivity contribution in [3.05, 3.63) is 24.3 Å². The van der Waals surface area contributed by atoms with E-state index in [0.29, 0.717) is 18.5 Å². The number of nitrogens with one attached hydrogen (secondary N) is 2. The summed E-state index contributed by atoms with van der Waals surface area (Å²) in [5.74, 6) is 1.32. The van der Waals surface area contributed by atoms with Crippen molar-refractivity contribution in [1.82, 2.24) is 15.3 Å². The molecule has 0 saturated carbocycles. The summed E-state index contributed by atoms with van der Waals surface area (Å²) in [6.45, 7) is 4.50. The van der Waals surface area contributed by atoms with E-state index in [9.17, 15) is 0 Å². The van der Waals surface area contributed by atoms with Gasteiger partial charge in [-0.2, -0.15) is 0 Å². The molecular formula is C15H20N4O. The van der Waals surface area contributed by atoms with Crippen molar-refractivity contribution in [3.63, 3.8) is 0 Å². The Hall–Kier alpha value is -1.88. The van der Waals surface area contributed by atoms with Crippen LogP contribution in [0.2, 0.25) is 0 Å². The fourth-order valence-electron chi connectivity index (χ4n) is 2.49. The van der Waals surface area contributed by atoms with Gasteiger partial charge < -0.3 is 15.4 Å². The molecule has 1 aromatic carbocycles. The zero-order chi connectivity index (χ0) is 13.8. The molecule has 106 valence electrons. The quantitative estimate of drug-likeness (QED) is 0.873. The summed E-state index contributed by atoms with van der Waals surface area (Å²) >= 11 is 0. The second kappa shape index (κ2) is 6.05. The van der Waals surface area contributed by atoms with Gasteiger partial charge in [0.2, 0.25) is 0 Å². The highest BCUT2D eigenvalue weighted by Crippen LogP contribution is 2.23. The summed E-state index contributed by atoms with van der Waals surface area (Å²) in [6.07, 6.45) is 2.45. The number of ether oxygens (including phenoxy) is 1. The Morgan fingerprint density at radius 2 is 2.10 bits per heavy atom. The highest BCUT2D eigenvalue weighted by Gasteiger charge is 2.16. The minimum atomic E-state index is 0.512. The Morgan fingerprint density at radius 3 is 2.80 bits per heavy atom. The van der Waals surface area contributed by atoms with Gasteiger partial charge >= 0.3 is 0 Å². The second-order valence-corrected chi connectivity index (χ2v) is 4.97. The first-order valence-corrected chi connectivity index (χ1v) is 7.23. The molecule has 0 radical (unpaired) electrons. The summed E-state index contributed by atoms with van der Waals surface area (Å²) in [4.78, 5) is 9.17. The molecule has 2 heterocycles. The summed E-state index contributed by atoms with van der Waals surface area (Å²) < 4.78 is 5.60. The standard InChI is InChI=1S/C15H20N4O/c1-2-20-15-14(17-10-11-6-5-9-16-11)18-12-7-3-4-8-13(12)19-15/h3-4,7-8,11,16H,2,5-6,9-10H2,1H3,(H,17,18). The van der Waals surface area contributed by atoms with E-state index in [1.807, 2.05) is 31.2 Å². The third-order valence-electron chi connectivity index (χ3n) is 3.50. The van der Waals surface area contributed by atoms with Gasteiger partial charge in [0.05, 0.1) is 17.6 Å². The van der Waals surface area contributed by atoms with Gasteiger partial charge in [-0.15, -0.1) is 0 Å². The van der Waals surface area contributed by atoms with Crippen LogP contribution < -0.4 is 15.4 Å². The van der Waals surface area contributed by atoms with Crippen LogP contribution in [0, 0.1) is 0 Å². The third kappa shape index (κ3) is 2.82. The van der Waals surface area contributed by atoms with Gasteiger partial charge in [-0.1, -0.05) is 12.1 Å². The minimum absolute atomic E-state index is 0.512. The van der Waals surface area contributed by atoms with Crippen molar-refractivity contribution in [2.45, 2.75) is 25.8 Å². The van der Waals surface area contributed by atoms with Gasteiger partial charge in [-0.3, -0.25) is 0 Å². The van der Waals surface area contributed by atoms with Crippen LogP contribution in [0.4, 0.5) is 5.82 Å². The molecule has 0 amide bonds. The van der Waals surface area contributed by atoms with E-state index in [2.05, 4.69) is 20.6 Å². The van der Waals surface area contributed by atoms with Crippen LogP contribution in [0.3, 0.4) is 0 Å². The highest BCUT2D eigenvalue weighted by atomic mass is 16.5. The van der Waals surface area contributed by atoms with Gasteiger partial charge in [-0.05, 0) is 38.4 Å². The number of anilines is 1. The average Bonchev–Trinajstić information content (AvgIpc) is 2.98. The van der Waals surface area contributed by atoms with Crippen LogP contribution in [0.1, 0.15) is 19.8 Å². The van der Waals surface area contributed by atoms with Crippen molar-refractivity contribution < 1.29 is 4.74 Å². The second-order valence-electron chi connectivity index (χ2n) is 4.97. The monoisotopic (exact) mass is 272 g/mol. The van der Waals surface area contributed by atoms with Crippen molar-refractivity contribution in [2.24, 2.45) is 0 Å². The average molecular weight is 272 g/mol. The number of aromatic nitrogens is 2. The van der Waals surface area contributed by atoms with Gasteiger partial charge in [-0.25, -0.2) is 9.97 Å². The van der Waals surface area contributed by atoms with E-state index in [4.69, 9.17) is 4.74 Å². The maximum absolute atomic E-state index is 5.60. The molecule has 1 aliphatic heterocycles. The highest BCUT2D eigenvalue weighted by molar-refractivity contribution is 5.77. The zero-order valence-corrected chi connectivity index (χ0v) is 11.7. The van der Waals surface area contributed by atoms with Gasteiger partial charge in [0.15, 0.2) is 5.82 Å². The van der Waals surface area contributed by atoms with E-state index in [1.54, 1.807) is 0 Å². The topological polar surface area (TPSA) is 59.1 Å². The van der Waals surface area contributed by atoms with Crippen LogP contribution in [0.15, 0.2) is 24.3 Å². The Labute approximate surface area is 118 Å². The molecule has 1 atom stereocenters. The summed E-state index contributed by atoms with van der Waals surface area (Å²) in [7, 11) is 0. The molecular weight excluding hydrogens is 252 g/mol. The lowest BCUT2D eigenvalue weighted by molar-refractivity contribution is 0.328. The molecule has 1 saturated heterocycles. The Kier molecular flexibility index (Phi) is 3.97. The Morgan fingerprint density at radius 1 is 1.30 bits per heavy atom. The summed E-state index contributed by atoms with van der Waals surface area (Å²) in [6, 6.07) is 8.37. The Balaban J connectivity index is 1.84. The van der Waals surface area contributed by atoms with Gasteiger partial charge in [0, 0.05) is 12.6 Å². The van der Waals surface area contributed by atoms with E-state index in [1.165, 1.54) is 12.8 Å². The lowest BCUT2D eigenvalue weighted by Gasteiger charge is -2.14. The molecule has 2 N–H and O–H groups in total. The molecule has 1 aromatic heterocycles.